The molecule has 1 N–H and O–H groups in total. The molecule has 0 radical (unpaired) electrons. The fourth-order valence-electron chi connectivity index (χ4n) is 3.57. The van der Waals surface area contributed by atoms with E-state index in [0.717, 1.165) is 23.7 Å². The van der Waals surface area contributed by atoms with E-state index >= 15 is 0 Å². The summed E-state index contributed by atoms with van der Waals surface area (Å²) in [4.78, 5) is 19.2. The summed E-state index contributed by atoms with van der Waals surface area (Å²) in [5, 5.41) is 4.05. The molecule has 0 spiro atoms. The van der Waals surface area contributed by atoms with Crippen LogP contribution in [0.1, 0.15) is 24.3 Å². The van der Waals surface area contributed by atoms with E-state index in [1.807, 2.05) is 18.2 Å². The van der Waals surface area contributed by atoms with Gasteiger partial charge in [-0.05, 0) is 31.5 Å². The summed E-state index contributed by atoms with van der Waals surface area (Å²) in [5.41, 5.74) is 1.02. The van der Waals surface area contributed by atoms with Crippen LogP contribution in [0, 0.1) is 0 Å². The van der Waals surface area contributed by atoms with Crippen LogP contribution < -0.4 is 5.32 Å². The summed E-state index contributed by atoms with van der Waals surface area (Å²) in [7, 11) is 0. The molecule has 0 aliphatic carbocycles. The summed E-state index contributed by atoms with van der Waals surface area (Å²) in [6, 6.07) is 8.71. The zero-order valence-corrected chi connectivity index (χ0v) is 14.6. The van der Waals surface area contributed by atoms with Gasteiger partial charge in [-0.25, -0.2) is 4.98 Å². The van der Waals surface area contributed by atoms with Crippen LogP contribution >= 0.6 is 11.3 Å². The summed E-state index contributed by atoms with van der Waals surface area (Å²) < 4.78 is 7.06. The lowest BCUT2D eigenvalue weighted by Crippen LogP contribution is -2.50. The van der Waals surface area contributed by atoms with Gasteiger partial charge in [0.15, 0.2) is 0 Å². The van der Waals surface area contributed by atoms with E-state index < -0.39 is 0 Å². The van der Waals surface area contributed by atoms with Gasteiger partial charge in [0.2, 0.25) is 5.91 Å². The highest BCUT2D eigenvalue weighted by Gasteiger charge is 2.32. The van der Waals surface area contributed by atoms with Crippen molar-refractivity contribution in [3.8, 4) is 0 Å². The Morgan fingerprint density at radius 2 is 2.33 bits per heavy atom. The lowest BCUT2D eigenvalue weighted by Gasteiger charge is -2.35. The van der Waals surface area contributed by atoms with Crippen LogP contribution in [0.5, 0.6) is 0 Å². The quantitative estimate of drug-likeness (QED) is 0.903. The van der Waals surface area contributed by atoms with Crippen molar-refractivity contribution in [1.29, 1.82) is 0 Å². The van der Waals surface area contributed by atoms with Crippen molar-refractivity contribution < 1.29 is 9.53 Å². The largest absolute Gasteiger partial charge is 0.373 e. The van der Waals surface area contributed by atoms with Gasteiger partial charge < -0.3 is 10.1 Å². The molecule has 0 unspecified atom stereocenters. The number of carbonyl (C=O) groups excluding carboxylic acids is 1. The summed E-state index contributed by atoms with van der Waals surface area (Å²) in [5.74, 6) is 0.0846. The highest BCUT2D eigenvalue weighted by Crippen LogP contribution is 2.23. The molecule has 2 aliphatic heterocycles. The van der Waals surface area contributed by atoms with Crippen molar-refractivity contribution in [2.24, 2.45) is 0 Å². The molecule has 1 aromatic heterocycles. The first-order chi connectivity index (χ1) is 11.8. The van der Waals surface area contributed by atoms with Crippen LogP contribution in [0.3, 0.4) is 0 Å². The third-order valence-corrected chi connectivity index (χ3v) is 5.99. The molecule has 24 heavy (non-hydrogen) atoms. The van der Waals surface area contributed by atoms with E-state index in [2.05, 4.69) is 21.3 Å². The third-order valence-electron chi connectivity index (χ3n) is 4.89. The Hall–Kier alpha value is -1.50. The second kappa shape index (κ2) is 7.17. The Morgan fingerprint density at radius 1 is 1.42 bits per heavy atom. The molecule has 2 saturated heterocycles. The molecule has 2 atom stereocenters. The average molecular weight is 345 g/mol. The van der Waals surface area contributed by atoms with E-state index in [1.54, 1.807) is 11.3 Å². The number of carbonyl (C=O) groups is 1. The fourth-order valence-corrected chi connectivity index (χ4v) is 4.54. The van der Waals surface area contributed by atoms with Gasteiger partial charge in [-0.2, -0.15) is 0 Å². The standard InChI is InChI=1S/C18H23N3O2S/c22-17(7-8-18-20-15-5-1-2-6-16(15)24-18)19-10-14-11-21-9-3-4-13(21)12-23-14/h1-2,5-6,13-14H,3-4,7-12H2,(H,19,22)/t13-,14-/m1/s1. The topological polar surface area (TPSA) is 54.5 Å². The van der Waals surface area contributed by atoms with Gasteiger partial charge in [0.1, 0.15) is 0 Å². The first kappa shape index (κ1) is 16.0. The molecule has 0 saturated carbocycles. The maximum absolute atomic E-state index is 12.1. The zero-order valence-electron chi connectivity index (χ0n) is 13.7. The summed E-state index contributed by atoms with van der Waals surface area (Å²) in [6.45, 7) is 3.55. The Labute approximate surface area is 146 Å². The van der Waals surface area contributed by atoms with Gasteiger partial charge in [-0.3, -0.25) is 9.69 Å². The van der Waals surface area contributed by atoms with E-state index in [9.17, 15) is 4.79 Å². The SMILES string of the molecule is O=C(CCc1nc2ccccc2s1)NC[C@@H]1CN2CCC[C@@H]2CO1. The minimum absolute atomic E-state index is 0.0846. The van der Waals surface area contributed by atoms with Crippen molar-refractivity contribution in [3.05, 3.63) is 29.3 Å². The zero-order chi connectivity index (χ0) is 16.4. The number of amides is 1. The molecule has 2 aromatic rings. The molecule has 128 valence electrons. The first-order valence-electron chi connectivity index (χ1n) is 8.75. The first-order valence-corrected chi connectivity index (χ1v) is 9.56. The highest BCUT2D eigenvalue weighted by atomic mass is 32.1. The number of morpholine rings is 1. The van der Waals surface area contributed by atoms with Gasteiger partial charge in [-0.1, -0.05) is 12.1 Å². The Bertz CT molecular complexity index is 684. The Balaban J connectivity index is 1.22. The van der Waals surface area contributed by atoms with Gasteiger partial charge >= 0.3 is 0 Å². The number of nitrogens with one attached hydrogen (secondary N) is 1. The van der Waals surface area contributed by atoms with Gasteiger partial charge in [0.25, 0.3) is 0 Å². The molecule has 1 amide bonds. The number of ether oxygens (including phenoxy) is 1. The normalized spacial score (nSPS) is 24.2. The number of para-hydroxylation sites is 1. The maximum Gasteiger partial charge on any atom is 0.220 e. The van der Waals surface area contributed by atoms with Gasteiger partial charge in [-0.15, -0.1) is 11.3 Å². The van der Waals surface area contributed by atoms with E-state index in [1.165, 1.54) is 24.1 Å². The number of thiazole rings is 1. The number of rotatable bonds is 5. The van der Waals surface area contributed by atoms with Crippen molar-refractivity contribution in [1.82, 2.24) is 15.2 Å². The van der Waals surface area contributed by atoms with E-state index in [4.69, 9.17) is 4.74 Å². The molecule has 0 bridgehead atoms. The Kier molecular flexibility index (Phi) is 4.78. The number of nitrogens with zero attached hydrogens (tertiary/aromatic N) is 2. The van der Waals surface area contributed by atoms with Crippen molar-refractivity contribution in [2.45, 2.75) is 37.8 Å². The smallest absolute Gasteiger partial charge is 0.220 e. The lowest BCUT2D eigenvalue weighted by molar-refractivity contribution is -0.122. The number of hydrogen-bond donors (Lipinski definition) is 1. The van der Waals surface area contributed by atoms with Crippen molar-refractivity contribution >= 4 is 27.5 Å². The molecule has 6 heteroatoms. The molecular weight excluding hydrogens is 322 g/mol. The van der Waals surface area contributed by atoms with Crippen LogP contribution in [0.2, 0.25) is 0 Å². The van der Waals surface area contributed by atoms with Crippen LogP contribution in [0.15, 0.2) is 24.3 Å². The number of aryl methyl sites for hydroxylation is 1. The molecule has 1 aromatic carbocycles. The summed E-state index contributed by atoms with van der Waals surface area (Å²) in [6.07, 6.45) is 3.84. The van der Waals surface area contributed by atoms with E-state index in [0.29, 0.717) is 25.4 Å². The fraction of sp³-hybridized carbons (Fsp3) is 0.556. The minimum Gasteiger partial charge on any atom is -0.373 e. The molecule has 2 aliphatic rings. The molecule has 5 nitrogen and oxygen atoms in total. The second-order valence-corrected chi connectivity index (χ2v) is 7.74. The maximum atomic E-state index is 12.1. The van der Waals surface area contributed by atoms with Crippen molar-refractivity contribution in [3.63, 3.8) is 0 Å². The van der Waals surface area contributed by atoms with Gasteiger partial charge in [0.05, 0.1) is 27.9 Å². The highest BCUT2D eigenvalue weighted by molar-refractivity contribution is 7.18. The molecular formula is C18H23N3O2S. The minimum atomic E-state index is 0.0846. The van der Waals surface area contributed by atoms with Crippen LogP contribution in [-0.4, -0.2) is 54.2 Å². The second-order valence-electron chi connectivity index (χ2n) is 6.63. The van der Waals surface area contributed by atoms with Crippen molar-refractivity contribution in [2.75, 3.05) is 26.2 Å². The monoisotopic (exact) mass is 345 g/mol. The Morgan fingerprint density at radius 3 is 3.25 bits per heavy atom. The van der Waals surface area contributed by atoms with Gasteiger partial charge in [0, 0.05) is 32.0 Å². The van der Waals surface area contributed by atoms with Crippen LogP contribution in [0.25, 0.3) is 10.2 Å². The lowest BCUT2D eigenvalue weighted by atomic mass is 10.2. The molecule has 2 fully saturated rings. The van der Waals surface area contributed by atoms with Crippen LogP contribution in [-0.2, 0) is 16.0 Å². The third kappa shape index (κ3) is 3.61. The number of hydrogen-bond acceptors (Lipinski definition) is 5. The van der Waals surface area contributed by atoms with E-state index in [-0.39, 0.29) is 12.0 Å². The molecule has 4 rings (SSSR count). The van der Waals surface area contributed by atoms with Crippen LogP contribution in [0.4, 0.5) is 0 Å². The number of aromatic nitrogens is 1. The predicted molar refractivity (Wildman–Crippen MR) is 95.3 cm³/mol. The molecule has 3 heterocycles. The average Bonchev–Trinajstić information content (AvgIpc) is 3.23. The number of fused-ring (bicyclic) bond motifs is 2. The predicted octanol–water partition coefficient (Wildman–Crippen LogP) is 2.21. The summed E-state index contributed by atoms with van der Waals surface area (Å²) >= 11 is 1.67. The number of benzene rings is 1.